The molecule has 0 heterocycles. The van der Waals surface area contributed by atoms with Gasteiger partial charge in [0.2, 0.25) is 0 Å². The summed E-state index contributed by atoms with van der Waals surface area (Å²) in [7, 11) is 1.89. The van der Waals surface area contributed by atoms with Gasteiger partial charge in [-0.15, -0.1) is 0 Å². The van der Waals surface area contributed by atoms with Crippen molar-refractivity contribution in [3.63, 3.8) is 0 Å². The molecule has 1 atom stereocenters. The maximum Gasteiger partial charge on any atom is 0.330 e. The van der Waals surface area contributed by atoms with Crippen LogP contribution in [0.5, 0.6) is 0 Å². The smallest absolute Gasteiger partial charge is 0.330 e. The van der Waals surface area contributed by atoms with Gasteiger partial charge in [0.15, 0.2) is 0 Å². The molecule has 82 valence electrons. The van der Waals surface area contributed by atoms with Crippen LogP contribution in [0.2, 0.25) is 0 Å². The van der Waals surface area contributed by atoms with E-state index in [2.05, 4.69) is 0 Å². The van der Waals surface area contributed by atoms with Crippen LogP contribution in [-0.4, -0.2) is 48.8 Å². The first-order valence-electron chi connectivity index (χ1n) is 4.76. The second-order valence-corrected chi connectivity index (χ2v) is 3.13. The predicted octanol–water partition coefficient (Wildman–Crippen LogP) is 0.418. The zero-order valence-electron chi connectivity index (χ0n) is 9.06. The van der Waals surface area contributed by atoms with Crippen LogP contribution < -0.4 is 0 Å². The summed E-state index contributed by atoms with van der Waals surface area (Å²) < 4.78 is 4.72. The molecule has 0 aliphatic rings. The Morgan fingerprint density at radius 3 is 2.79 bits per heavy atom. The highest BCUT2D eigenvalue weighted by atomic mass is 16.5. The van der Waals surface area contributed by atoms with E-state index in [0.29, 0.717) is 13.2 Å². The Morgan fingerprint density at radius 2 is 2.29 bits per heavy atom. The van der Waals surface area contributed by atoms with Crippen LogP contribution in [0.4, 0.5) is 0 Å². The van der Waals surface area contributed by atoms with Crippen LogP contribution in [0.25, 0.3) is 0 Å². The molecule has 4 heteroatoms. The third-order valence-electron chi connectivity index (χ3n) is 1.95. The number of hydrogen-bond donors (Lipinski definition) is 1. The number of esters is 1. The molecule has 0 spiro atoms. The molecule has 0 amide bonds. The Balaban J connectivity index is 3.75. The zero-order valence-corrected chi connectivity index (χ0v) is 9.06. The van der Waals surface area contributed by atoms with Gasteiger partial charge in [-0.25, -0.2) is 4.79 Å². The molecule has 0 fully saturated rings. The average molecular weight is 201 g/mol. The number of hydrogen-bond acceptors (Lipinski definition) is 4. The first-order valence-corrected chi connectivity index (χ1v) is 4.76. The van der Waals surface area contributed by atoms with Crippen molar-refractivity contribution in [3.05, 3.63) is 12.2 Å². The van der Waals surface area contributed by atoms with Crippen molar-refractivity contribution in [2.45, 2.75) is 19.9 Å². The molecule has 0 aliphatic heterocycles. The molecule has 14 heavy (non-hydrogen) atoms. The Morgan fingerprint density at radius 1 is 1.64 bits per heavy atom. The van der Waals surface area contributed by atoms with Gasteiger partial charge in [-0.1, -0.05) is 6.08 Å². The molecule has 0 rings (SSSR count). The molecule has 1 unspecified atom stereocenters. The summed E-state index contributed by atoms with van der Waals surface area (Å²) in [5, 5.41) is 8.84. The van der Waals surface area contributed by atoms with Crippen molar-refractivity contribution < 1.29 is 14.6 Å². The van der Waals surface area contributed by atoms with Crippen LogP contribution >= 0.6 is 0 Å². The fourth-order valence-corrected chi connectivity index (χ4v) is 0.825. The van der Waals surface area contributed by atoms with Gasteiger partial charge in [0, 0.05) is 18.7 Å². The second-order valence-electron chi connectivity index (χ2n) is 3.13. The Labute approximate surface area is 85.2 Å². The highest BCUT2D eigenvalue weighted by Gasteiger charge is 2.04. The zero-order chi connectivity index (χ0) is 11.0. The summed E-state index contributed by atoms with van der Waals surface area (Å²) in [5.74, 6) is -0.322. The lowest BCUT2D eigenvalue weighted by molar-refractivity contribution is -0.137. The third kappa shape index (κ3) is 5.72. The van der Waals surface area contributed by atoms with Crippen LogP contribution in [0, 0.1) is 0 Å². The molecule has 0 aromatic rings. The first kappa shape index (κ1) is 13.1. The van der Waals surface area contributed by atoms with Crippen molar-refractivity contribution in [1.29, 1.82) is 0 Å². The summed E-state index contributed by atoms with van der Waals surface area (Å²) in [6.07, 6.45) is 3.13. The van der Waals surface area contributed by atoms with E-state index in [9.17, 15) is 4.79 Å². The number of aliphatic hydroxyl groups excluding tert-OH is 1. The quantitative estimate of drug-likeness (QED) is 0.500. The minimum absolute atomic E-state index is 0.0989. The van der Waals surface area contributed by atoms with E-state index in [-0.39, 0.29) is 18.6 Å². The molecule has 1 N–H and O–H groups in total. The number of nitrogens with zero attached hydrogens (tertiary/aromatic N) is 1. The van der Waals surface area contributed by atoms with Crippen molar-refractivity contribution in [2.24, 2.45) is 0 Å². The van der Waals surface area contributed by atoms with Gasteiger partial charge in [0.25, 0.3) is 0 Å². The standard InChI is InChI=1S/C10H19NO3/c1-4-14-10(13)6-5-7-11(3)9(2)8-12/h5-6,9,12H,4,7-8H2,1-3H3/b6-5+. The van der Waals surface area contributed by atoms with Gasteiger partial charge < -0.3 is 9.84 Å². The first-order chi connectivity index (χ1) is 6.61. The van der Waals surface area contributed by atoms with E-state index in [0.717, 1.165) is 0 Å². The number of carbonyl (C=O) groups excluding carboxylic acids is 1. The van der Waals surface area contributed by atoms with E-state index < -0.39 is 0 Å². The molecule has 0 radical (unpaired) electrons. The van der Waals surface area contributed by atoms with Crippen molar-refractivity contribution in [1.82, 2.24) is 4.90 Å². The Hall–Kier alpha value is -0.870. The number of ether oxygens (including phenoxy) is 1. The minimum Gasteiger partial charge on any atom is -0.463 e. The van der Waals surface area contributed by atoms with E-state index in [1.165, 1.54) is 6.08 Å². The molecular weight excluding hydrogens is 182 g/mol. The van der Waals surface area contributed by atoms with E-state index in [1.54, 1.807) is 13.0 Å². The second kappa shape index (κ2) is 7.53. The molecule has 0 saturated heterocycles. The lowest BCUT2D eigenvalue weighted by atomic mass is 10.3. The maximum absolute atomic E-state index is 10.9. The molecule has 0 aliphatic carbocycles. The van der Waals surface area contributed by atoms with E-state index in [4.69, 9.17) is 9.84 Å². The number of carbonyl (C=O) groups is 1. The molecule has 0 bridgehead atoms. The number of rotatable bonds is 6. The van der Waals surface area contributed by atoms with Gasteiger partial charge in [0.1, 0.15) is 0 Å². The van der Waals surface area contributed by atoms with Gasteiger partial charge in [-0.05, 0) is 20.9 Å². The summed E-state index contributed by atoms with van der Waals surface area (Å²) in [6, 6.07) is 0.0989. The largest absolute Gasteiger partial charge is 0.463 e. The van der Waals surface area contributed by atoms with Crippen LogP contribution in [0.1, 0.15) is 13.8 Å². The average Bonchev–Trinajstić information content (AvgIpc) is 2.16. The Kier molecular flexibility index (Phi) is 7.06. The van der Waals surface area contributed by atoms with Crippen LogP contribution in [-0.2, 0) is 9.53 Å². The lowest BCUT2D eigenvalue weighted by Gasteiger charge is -2.20. The van der Waals surface area contributed by atoms with Crippen molar-refractivity contribution in [2.75, 3.05) is 26.8 Å². The van der Waals surface area contributed by atoms with Gasteiger partial charge in [0.05, 0.1) is 13.2 Å². The normalized spacial score (nSPS) is 13.5. The highest BCUT2D eigenvalue weighted by molar-refractivity contribution is 5.81. The maximum atomic E-state index is 10.9. The fourth-order valence-electron chi connectivity index (χ4n) is 0.825. The minimum atomic E-state index is -0.322. The monoisotopic (exact) mass is 201 g/mol. The lowest BCUT2D eigenvalue weighted by Crippen LogP contribution is -2.32. The molecule has 4 nitrogen and oxygen atoms in total. The number of aliphatic hydroxyl groups is 1. The summed E-state index contributed by atoms with van der Waals surface area (Å²) >= 11 is 0. The van der Waals surface area contributed by atoms with Crippen molar-refractivity contribution >= 4 is 5.97 Å². The summed E-state index contributed by atoms with van der Waals surface area (Å²) in [5.41, 5.74) is 0. The molecule has 0 aromatic carbocycles. The summed E-state index contributed by atoms with van der Waals surface area (Å²) in [4.78, 5) is 12.8. The summed E-state index contributed by atoms with van der Waals surface area (Å²) in [6.45, 7) is 4.82. The molecule has 0 aromatic heterocycles. The molecule has 0 saturated carbocycles. The molecular formula is C10H19NO3. The highest BCUT2D eigenvalue weighted by Crippen LogP contribution is 1.93. The van der Waals surface area contributed by atoms with Gasteiger partial charge >= 0.3 is 5.97 Å². The predicted molar refractivity (Wildman–Crippen MR) is 55.0 cm³/mol. The van der Waals surface area contributed by atoms with Crippen LogP contribution in [0.15, 0.2) is 12.2 Å². The fraction of sp³-hybridized carbons (Fsp3) is 0.700. The number of likely N-dealkylation sites (N-methyl/N-ethyl adjacent to an activating group) is 1. The van der Waals surface area contributed by atoms with E-state index in [1.807, 2.05) is 18.9 Å². The van der Waals surface area contributed by atoms with E-state index >= 15 is 0 Å². The van der Waals surface area contributed by atoms with Gasteiger partial charge in [-0.2, -0.15) is 0 Å². The van der Waals surface area contributed by atoms with Crippen LogP contribution in [0.3, 0.4) is 0 Å². The topological polar surface area (TPSA) is 49.8 Å². The van der Waals surface area contributed by atoms with Gasteiger partial charge in [-0.3, -0.25) is 4.90 Å². The Bertz CT molecular complexity index is 192. The SMILES string of the molecule is CCOC(=O)/C=C/CN(C)C(C)CO. The van der Waals surface area contributed by atoms with Crippen molar-refractivity contribution in [3.8, 4) is 0 Å². The third-order valence-corrected chi connectivity index (χ3v) is 1.95.